The molecule has 502 valence electrons. The normalized spacial score (nSPS) is 29.1. The molecule has 0 aromatic carbocycles. The summed E-state index contributed by atoms with van der Waals surface area (Å²) >= 11 is 0. The van der Waals surface area contributed by atoms with Crippen molar-refractivity contribution < 1.29 is 127 Å². The smallest absolute Gasteiger partial charge is 0.330 e. The Balaban J connectivity index is 1.62. The van der Waals surface area contributed by atoms with Crippen molar-refractivity contribution in [1.29, 1.82) is 0 Å². The molecule has 86 heavy (non-hydrogen) atoms. The average Bonchev–Trinajstić information content (AvgIpc) is 2.33. The van der Waals surface area contributed by atoms with Crippen LogP contribution in [0.5, 0.6) is 0 Å². The molecule has 3 aliphatic rings. The van der Waals surface area contributed by atoms with E-state index in [0.717, 1.165) is 0 Å². The monoisotopic (exact) mass is 1270 g/mol. The zero-order chi connectivity index (χ0) is 63.8. The Bertz CT molecular complexity index is 1840. The molecule has 3 fully saturated rings. The molecule has 3 heterocycles. The number of rotatable bonds is 44. The first-order valence-corrected chi connectivity index (χ1v) is 31.4. The van der Waals surface area contributed by atoms with E-state index in [2.05, 4.69) is 26.6 Å². The third-order valence-electron chi connectivity index (χ3n) is 14.7. The summed E-state index contributed by atoms with van der Waals surface area (Å²) in [6.45, 7) is 6.07. The van der Waals surface area contributed by atoms with E-state index in [1.807, 2.05) is 0 Å². The van der Waals surface area contributed by atoms with Gasteiger partial charge < -0.3 is 125 Å². The molecule has 0 spiro atoms. The molecule has 0 aromatic heterocycles. The van der Waals surface area contributed by atoms with E-state index in [4.69, 9.17) is 47.2 Å². The second kappa shape index (κ2) is 41.2. The van der Waals surface area contributed by atoms with E-state index >= 15 is 0 Å². The second-order valence-electron chi connectivity index (χ2n) is 22.2. The van der Waals surface area contributed by atoms with Crippen molar-refractivity contribution in [2.75, 3.05) is 112 Å². The molecule has 3 saturated heterocycles. The Morgan fingerprint density at radius 1 is 0.453 bits per heavy atom. The molecule has 3 rings (SSSR count). The topological polar surface area (TPSA) is 457 Å². The molecule has 5 amide bonds. The fraction of sp³-hybridized carbons (Fsp3) is 0.907. The Morgan fingerprint density at radius 3 is 1.07 bits per heavy atom. The molecule has 16 atom stereocenters. The number of carbonyl (C=O) groups excluding carboxylic acids is 5. The standard InChI is InChI=1S/C54H100N5O26P/c1-33(2)86(74,75)82-23-10-19-55-40(63)11-6-12-44(67)59-54(30-76-24-13-41(64)56-16-7-20-79-51-34(3)45(68)48(71)37(27-60)83-51,31-77-25-14-42(65)57-17-8-21-80-52-35(4)46(69)49(72)38(28-61)84-52)32-78-26-15-43(66)58-18-9-22-81-53-36(5)47(70)50(73)39(29-62)85-53/h33-39,45-53,60-62,68-73H,6-32H2,1-5H3,(H,55,63)(H,56,64)(H,57,65)(H,58,66)(H,59,67)(H,74,75)/t34-,35-,36-,37?,38?,39?,45?,46?,47?,48-,49-,50-,51+,52+,53+,54?/m0/s1. The summed E-state index contributed by atoms with van der Waals surface area (Å²) in [7, 11) is -3.77. The van der Waals surface area contributed by atoms with Crippen LogP contribution in [-0.2, 0) is 75.7 Å². The Kier molecular flexibility index (Phi) is 36.9. The molecule has 0 bridgehead atoms. The summed E-state index contributed by atoms with van der Waals surface area (Å²) in [5, 5.41) is 104. The lowest BCUT2D eigenvalue weighted by atomic mass is 9.92. The van der Waals surface area contributed by atoms with Gasteiger partial charge in [0.15, 0.2) is 18.9 Å². The van der Waals surface area contributed by atoms with Crippen LogP contribution in [0.15, 0.2) is 0 Å². The highest BCUT2D eigenvalue weighted by Gasteiger charge is 2.45. The van der Waals surface area contributed by atoms with Crippen molar-refractivity contribution >= 4 is 37.1 Å². The summed E-state index contributed by atoms with van der Waals surface area (Å²) in [5.41, 5.74) is -2.09. The van der Waals surface area contributed by atoms with Crippen molar-refractivity contribution in [1.82, 2.24) is 26.6 Å². The predicted octanol–water partition coefficient (Wildman–Crippen LogP) is -3.86. The molecule has 15 N–H and O–H groups in total. The first-order valence-electron chi connectivity index (χ1n) is 29.7. The van der Waals surface area contributed by atoms with Crippen LogP contribution in [0.25, 0.3) is 0 Å². The minimum atomic E-state index is -3.77. The van der Waals surface area contributed by atoms with Gasteiger partial charge in [-0.25, -0.2) is 0 Å². The van der Waals surface area contributed by atoms with Gasteiger partial charge in [0.05, 0.1) is 110 Å². The van der Waals surface area contributed by atoms with Gasteiger partial charge in [0.2, 0.25) is 29.5 Å². The summed E-state index contributed by atoms with van der Waals surface area (Å²) < 4.78 is 69.0. The lowest BCUT2D eigenvalue weighted by Crippen LogP contribution is -2.58. The van der Waals surface area contributed by atoms with Crippen molar-refractivity contribution in [2.45, 2.75) is 184 Å². The van der Waals surface area contributed by atoms with E-state index in [1.165, 1.54) is 0 Å². The van der Waals surface area contributed by atoms with Crippen LogP contribution in [0.4, 0.5) is 0 Å². The SMILES string of the molecule is CC(C)P(=O)(O)OCCCNC(=O)CCCC(=O)NC(COCCC(=O)NCCCO[C@@H]1OC(CO)[C@H](O)C(O)[C@@H]1C)(COCCC(=O)NCCCO[C@@H]1OC(CO)[C@H](O)C(O)[C@@H]1C)COCCC(=O)NCCCO[C@@H]1OC(CO)[C@H](O)C(O)[C@@H]1C. The van der Waals surface area contributed by atoms with E-state index in [1.54, 1.807) is 34.6 Å². The maximum absolute atomic E-state index is 13.7. The van der Waals surface area contributed by atoms with Crippen LogP contribution in [0, 0.1) is 17.8 Å². The largest absolute Gasteiger partial charge is 0.394 e. The van der Waals surface area contributed by atoms with Crippen LogP contribution in [-0.4, -0.2) is 277 Å². The summed E-state index contributed by atoms with van der Waals surface area (Å²) in [6.07, 6.45) is -12.4. The highest BCUT2D eigenvalue weighted by molar-refractivity contribution is 7.53. The minimum absolute atomic E-state index is 0.0539. The summed E-state index contributed by atoms with van der Waals surface area (Å²) in [5.74, 6) is -3.89. The fourth-order valence-electron chi connectivity index (χ4n) is 9.03. The molecule has 3 aliphatic heterocycles. The molecule has 0 aromatic rings. The molecule has 32 heteroatoms. The van der Waals surface area contributed by atoms with E-state index in [-0.39, 0.29) is 143 Å². The number of nitrogens with one attached hydrogen (secondary N) is 5. The maximum atomic E-state index is 13.7. The van der Waals surface area contributed by atoms with Gasteiger partial charge in [-0.1, -0.05) is 34.6 Å². The lowest BCUT2D eigenvalue weighted by molar-refractivity contribution is -0.282. The quantitative estimate of drug-likeness (QED) is 0.0205. The van der Waals surface area contributed by atoms with Gasteiger partial charge in [-0.3, -0.25) is 28.5 Å². The van der Waals surface area contributed by atoms with Gasteiger partial charge >= 0.3 is 7.60 Å². The molecule has 7 unspecified atom stereocenters. The maximum Gasteiger partial charge on any atom is 0.330 e. The number of hydrogen-bond acceptors (Lipinski definition) is 25. The predicted molar refractivity (Wildman–Crippen MR) is 301 cm³/mol. The van der Waals surface area contributed by atoms with Crippen LogP contribution < -0.4 is 26.6 Å². The van der Waals surface area contributed by atoms with E-state index in [0.29, 0.717) is 19.3 Å². The Morgan fingerprint density at radius 2 is 0.756 bits per heavy atom. The highest BCUT2D eigenvalue weighted by Crippen LogP contribution is 2.47. The van der Waals surface area contributed by atoms with Crippen molar-refractivity contribution in [3.05, 3.63) is 0 Å². The third-order valence-corrected chi connectivity index (χ3v) is 16.5. The van der Waals surface area contributed by atoms with Gasteiger partial charge in [-0.05, 0) is 32.1 Å². The molecule has 0 saturated carbocycles. The number of aliphatic hydroxyl groups is 9. The lowest BCUT2D eigenvalue weighted by Gasteiger charge is -2.40. The summed E-state index contributed by atoms with van der Waals surface area (Å²) in [6, 6.07) is 0. The van der Waals surface area contributed by atoms with Gasteiger partial charge in [0.25, 0.3) is 0 Å². The number of amides is 5. The fourth-order valence-corrected chi connectivity index (χ4v) is 9.72. The average molecular weight is 1270 g/mol. The first kappa shape index (κ1) is 77.0. The molecular formula is C54H100N5O26P. The number of aliphatic hydroxyl groups excluding tert-OH is 9. The first-order chi connectivity index (χ1) is 40.9. The van der Waals surface area contributed by atoms with Gasteiger partial charge in [-0.15, -0.1) is 0 Å². The molecule has 31 nitrogen and oxygen atoms in total. The van der Waals surface area contributed by atoms with Crippen molar-refractivity contribution in [3.63, 3.8) is 0 Å². The van der Waals surface area contributed by atoms with E-state index in [9.17, 15) is 79.4 Å². The van der Waals surface area contributed by atoms with Crippen LogP contribution >= 0.6 is 7.60 Å². The van der Waals surface area contributed by atoms with Crippen LogP contribution in [0.1, 0.15) is 98.8 Å². The van der Waals surface area contributed by atoms with E-state index < -0.39 is 154 Å². The summed E-state index contributed by atoms with van der Waals surface area (Å²) in [4.78, 5) is 75.0. The van der Waals surface area contributed by atoms with Gasteiger partial charge in [-0.2, -0.15) is 0 Å². The third kappa shape index (κ3) is 27.5. The van der Waals surface area contributed by atoms with Crippen molar-refractivity contribution in [2.24, 2.45) is 17.8 Å². The molecule has 0 radical (unpaired) electrons. The molecule has 0 aliphatic carbocycles. The van der Waals surface area contributed by atoms with Crippen LogP contribution in [0.2, 0.25) is 0 Å². The number of ether oxygens (including phenoxy) is 9. The zero-order valence-electron chi connectivity index (χ0n) is 50.3. The van der Waals surface area contributed by atoms with Crippen molar-refractivity contribution in [3.8, 4) is 0 Å². The molecular weight excluding hydrogens is 1170 g/mol. The number of carbonyl (C=O) groups is 5. The Labute approximate surface area is 502 Å². The highest BCUT2D eigenvalue weighted by atomic mass is 31.2. The Hall–Kier alpha value is -3.22. The van der Waals surface area contributed by atoms with Crippen LogP contribution in [0.3, 0.4) is 0 Å². The van der Waals surface area contributed by atoms with Gasteiger partial charge in [0.1, 0.15) is 42.2 Å². The second-order valence-corrected chi connectivity index (χ2v) is 24.6. The van der Waals surface area contributed by atoms with Gasteiger partial charge in [0, 0.05) is 76.0 Å². The zero-order valence-corrected chi connectivity index (χ0v) is 51.2. The number of hydrogen-bond donors (Lipinski definition) is 15. The minimum Gasteiger partial charge on any atom is -0.394 e.